The molecule has 0 bridgehead atoms. The van der Waals surface area contributed by atoms with Crippen LogP contribution in [0.4, 0.5) is 0 Å². The molecule has 0 aliphatic carbocycles. The molecular weight excluding hydrogens is 150 g/mol. The van der Waals surface area contributed by atoms with Crippen LogP contribution in [0.15, 0.2) is 29.1 Å². The fourth-order valence-corrected chi connectivity index (χ4v) is 0.913. The topological polar surface area (TPSA) is 29.4 Å². The molecule has 0 spiro atoms. The molecule has 0 aromatic heterocycles. The van der Waals surface area contributed by atoms with E-state index in [9.17, 15) is 4.91 Å². The molecule has 2 heteroatoms. The molecular formula is C10H17NO. The van der Waals surface area contributed by atoms with Crippen molar-refractivity contribution in [3.8, 4) is 0 Å². The third kappa shape index (κ3) is 7.19. The minimum atomic E-state index is 0.443. The van der Waals surface area contributed by atoms with Gasteiger partial charge in [-0.25, -0.2) is 0 Å². The van der Waals surface area contributed by atoms with Gasteiger partial charge >= 0.3 is 0 Å². The first-order valence-corrected chi connectivity index (χ1v) is 4.29. The van der Waals surface area contributed by atoms with E-state index in [4.69, 9.17) is 0 Å². The SMILES string of the molecule is CC(C)=CCCC(C)C=CN=O. The van der Waals surface area contributed by atoms with Crippen LogP contribution in [0.25, 0.3) is 0 Å². The van der Waals surface area contributed by atoms with E-state index in [0.29, 0.717) is 5.92 Å². The van der Waals surface area contributed by atoms with Gasteiger partial charge in [0.15, 0.2) is 0 Å². The van der Waals surface area contributed by atoms with Crippen LogP contribution in [-0.4, -0.2) is 0 Å². The van der Waals surface area contributed by atoms with E-state index >= 15 is 0 Å². The Bertz CT molecular complexity index is 178. The summed E-state index contributed by atoms with van der Waals surface area (Å²) in [6, 6.07) is 0. The Morgan fingerprint density at radius 1 is 1.50 bits per heavy atom. The Morgan fingerprint density at radius 2 is 2.17 bits per heavy atom. The quantitative estimate of drug-likeness (QED) is 0.454. The predicted molar refractivity (Wildman–Crippen MR) is 52.8 cm³/mol. The molecule has 0 rings (SSSR count). The second-order valence-electron chi connectivity index (χ2n) is 3.28. The highest BCUT2D eigenvalue weighted by Gasteiger charge is 1.94. The van der Waals surface area contributed by atoms with Crippen molar-refractivity contribution < 1.29 is 0 Å². The van der Waals surface area contributed by atoms with Crippen LogP contribution in [0.1, 0.15) is 33.6 Å². The highest BCUT2D eigenvalue weighted by atomic mass is 16.2. The standard InChI is InChI=1S/C10H17NO/c1-9(2)5-4-6-10(3)7-8-11-12/h5,7-8,10H,4,6H2,1-3H3. The highest BCUT2D eigenvalue weighted by Crippen LogP contribution is 2.08. The zero-order chi connectivity index (χ0) is 9.40. The average molecular weight is 167 g/mol. The third-order valence-electron chi connectivity index (χ3n) is 1.65. The molecule has 0 fully saturated rings. The molecule has 0 aromatic rings. The van der Waals surface area contributed by atoms with Crippen molar-refractivity contribution in [3.63, 3.8) is 0 Å². The Balaban J connectivity index is 3.57. The van der Waals surface area contributed by atoms with E-state index < -0.39 is 0 Å². The zero-order valence-electron chi connectivity index (χ0n) is 8.08. The maximum Gasteiger partial charge on any atom is 0.0677 e. The normalized spacial score (nSPS) is 12.9. The zero-order valence-corrected chi connectivity index (χ0v) is 8.08. The van der Waals surface area contributed by atoms with Crippen LogP contribution in [0.5, 0.6) is 0 Å². The number of hydrogen-bond acceptors (Lipinski definition) is 2. The lowest BCUT2D eigenvalue weighted by Crippen LogP contribution is -1.87. The average Bonchev–Trinajstić information content (AvgIpc) is 2.00. The lowest BCUT2D eigenvalue weighted by atomic mass is 10.0. The van der Waals surface area contributed by atoms with Crippen LogP contribution < -0.4 is 0 Å². The van der Waals surface area contributed by atoms with Crippen LogP contribution in [-0.2, 0) is 0 Å². The van der Waals surface area contributed by atoms with Crippen LogP contribution in [0.2, 0.25) is 0 Å². The summed E-state index contributed by atoms with van der Waals surface area (Å²) in [7, 11) is 0. The first kappa shape index (κ1) is 11.1. The van der Waals surface area contributed by atoms with Gasteiger partial charge in [-0.3, -0.25) is 0 Å². The van der Waals surface area contributed by atoms with Crippen LogP contribution in [0, 0.1) is 10.8 Å². The molecule has 0 aliphatic rings. The number of nitroso groups, excluding NO2 is 1. The molecule has 0 saturated heterocycles. The molecule has 0 saturated carbocycles. The maximum atomic E-state index is 9.74. The Morgan fingerprint density at radius 3 is 2.67 bits per heavy atom. The number of nitrogens with zero attached hydrogens (tertiary/aromatic N) is 1. The van der Waals surface area contributed by atoms with E-state index in [2.05, 4.69) is 32.0 Å². The van der Waals surface area contributed by atoms with Crippen molar-refractivity contribution in [1.29, 1.82) is 0 Å². The summed E-state index contributed by atoms with van der Waals surface area (Å²) in [4.78, 5) is 9.74. The summed E-state index contributed by atoms with van der Waals surface area (Å²) in [5.74, 6) is 0.443. The summed E-state index contributed by atoms with van der Waals surface area (Å²) < 4.78 is 0. The Hall–Kier alpha value is -0.920. The lowest BCUT2D eigenvalue weighted by molar-refractivity contribution is 0.655. The van der Waals surface area contributed by atoms with E-state index in [0.717, 1.165) is 12.8 Å². The predicted octanol–water partition coefficient (Wildman–Crippen LogP) is 3.65. The molecule has 1 atom stereocenters. The molecule has 0 aromatic carbocycles. The summed E-state index contributed by atoms with van der Waals surface area (Å²) in [6.07, 6.45) is 7.53. The van der Waals surface area contributed by atoms with Gasteiger partial charge in [-0.1, -0.05) is 24.6 Å². The summed E-state index contributed by atoms with van der Waals surface area (Å²) in [5, 5.41) is 2.67. The van der Waals surface area contributed by atoms with E-state index in [1.807, 2.05) is 6.08 Å². The maximum absolute atomic E-state index is 9.74. The summed E-state index contributed by atoms with van der Waals surface area (Å²) >= 11 is 0. The van der Waals surface area contributed by atoms with Gasteiger partial charge in [-0.2, -0.15) is 0 Å². The fourth-order valence-electron chi connectivity index (χ4n) is 0.913. The molecule has 0 radical (unpaired) electrons. The largest absolute Gasteiger partial charge is 0.145 e. The number of hydrogen-bond donors (Lipinski definition) is 0. The molecule has 1 unspecified atom stereocenters. The molecule has 68 valence electrons. The van der Waals surface area contributed by atoms with Crippen molar-refractivity contribution in [2.45, 2.75) is 33.6 Å². The minimum absolute atomic E-state index is 0.443. The van der Waals surface area contributed by atoms with Crippen molar-refractivity contribution in [3.05, 3.63) is 28.8 Å². The molecule has 2 nitrogen and oxygen atoms in total. The van der Waals surface area contributed by atoms with Gasteiger partial charge in [0.05, 0.1) is 6.20 Å². The second-order valence-corrected chi connectivity index (χ2v) is 3.28. The third-order valence-corrected chi connectivity index (χ3v) is 1.65. The van der Waals surface area contributed by atoms with Gasteiger partial charge in [-0.15, -0.1) is 4.91 Å². The van der Waals surface area contributed by atoms with Gasteiger partial charge in [0, 0.05) is 0 Å². The smallest absolute Gasteiger partial charge is 0.0677 e. The van der Waals surface area contributed by atoms with Crippen LogP contribution >= 0.6 is 0 Å². The summed E-state index contributed by atoms with van der Waals surface area (Å²) in [5.41, 5.74) is 1.35. The van der Waals surface area contributed by atoms with E-state index in [-0.39, 0.29) is 0 Å². The molecule has 0 heterocycles. The van der Waals surface area contributed by atoms with Crippen molar-refractivity contribution in [2.75, 3.05) is 0 Å². The number of rotatable bonds is 5. The second kappa shape index (κ2) is 6.77. The van der Waals surface area contributed by atoms with Gasteiger partial charge in [0.2, 0.25) is 0 Å². The molecule has 12 heavy (non-hydrogen) atoms. The van der Waals surface area contributed by atoms with Gasteiger partial charge in [0.1, 0.15) is 0 Å². The van der Waals surface area contributed by atoms with Gasteiger partial charge in [0.25, 0.3) is 0 Å². The lowest BCUT2D eigenvalue weighted by Gasteiger charge is -2.01. The van der Waals surface area contributed by atoms with Crippen molar-refractivity contribution in [2.24, 2.45) is 11.1 Å². The first-order chi connectivity index (χ1) is 5.66. The molecule has 0 aliphatic heterocycles. The highest BCUT2D eigenvalue weighted by molar-refractivity contribution is 4.94. The fraction of sp³-hybridized carbons (Fsp3) is 0.600. The minimum Gasteiger partial charge on any atom is -0.145 e. The molecule has 0 amide bonds. The monoisotopic (exact) mass is 167 g/mol. The van der Waals surface area contributed by atoms with Crippen molar-refractivity contribution >= 4 is 0 Å². The van der Waals surface area contributed by atoms with Crippen molar-refractivity contribution in [1.82, 2.24) is 0 Å². The van der Waals surface area contributed by atoms with Crippen LogP contribution in [0.3, 0.4) is 0 Å². The molecule has 0 N–H and O–H groups in total. The first-order valence-electron chi connectivity index (χ1n) is 4.29. The summed E-state index contributed by atoms with van der Waals surface area (Å²) in [6.45, 7) is 6.27. The Kier molecular flexibility index (Phi) is 6.25. The Labute approximate surface area is 74.3 Å². The van der Waals surface area contributed by atoms with E-state index in [1.54, 1.807) is 0 Å². The number of allylic oxidation sites excluding steroid dienone is 3. The van der Waals surface area contributed by atoms with Gasteiger partial charge in [-0.05, 0) is 37.8 Å². The van der Waals surface area contributed by atoms with E-state index in [1.165, 1.54) is 11.8 Å². The van der Waals surface area contributed by atoms with Gasteiger partial charge < -0.3 is 0 Å².